The molecule has 0 spiro atoms. The summed E-state index contributed by atoms with van der Waals surface area (Å²) in [6.45, 7) is 0.526. The third-order valence-electron chi connectivity index (χ3n) is 2.38. The minimum atomic E-state index is 0.463. The zero-order chi connectivity index (χ0) is 13.0. The summed E-state index contributed by atoms with van der Waals surface area (Å²) in [7, 11) is 1.63. The van der Waals surface area contributed by atoms with Gasteiger partial charge in [-0.05, 0) is 45.8 Å². The molecule has 1 aromatic heterocycles. The number of ether oxygens (including phenoxy) is 2. The molecule has 0 aliphatic heterocycles. The Hall–Kier alpha value is -0.710. The lowest BCUT2D eigenvalue weighted by atomic mass is 10.2. The highest BCUT2D eigenvalue weighted by molar-refractivity contribution is 9.11. The van der Waals surface area contributed by atoms with Gasteiger partial charge in [-0.15, -0.1) is 22.9 Å². The number of methoxy groups -OCH3 is 1. The number of hydrogen-bond donors (Lipinski definition) is 0. The van der Waals surface area contributed by atoms with E-state index in [4.69, 9.17) is 21.1 Å². The summed E-state index contributed by atoms with van der Waals surface area (Å²) < 4.78 is 12.1. The number of benzene rings is 1. The number of thiophene rings is 1. The lowest BCUT2D eigenvalue weighted by Crippen LogP contribution is -1.96. The topological polar surface area (TPSA) is 18.5 Å². The van der Waals surface area contributed by atoms with Gasteiger partial charge in [0, 0.05) is 10.8 Å². The molecule has 0 fully saturated rings. The second-order valence-corrected chi connectivity index (χ2v) is 6.43. The number of alkyl halides is 1. The molecule has 96 valence electrons. The number of hydrogen-bond acceptors (Lipinski definition) is 3. The molecule has 0 unspecified atom stereocenters. The van der Waals surface area contributed by atoms with Crippen LogP contribution in [0.4, 0.5) is 0 Å². The first-order valence-corrected chi connectivity index (χ1v) is 7.47. The molecule has 0 aliphatic rings. The van der Waals surface area contributed by atoms with Crippen LogP contribution in [0.25, 0.3) is 0 Å². The third-order valence-corrected chi connectivity index (χ3v) is 4.29. The van der Waals surface area contributed by atoms with Crippen molar-refractivity contribution < 1.29 is 9.47 Å². The van der Waals surface area contributed by atoms with Crippen molar-refractivity contribution in [2.24, 2.45) is 0 Å². The smallest absolute Gasteiger partial charge is 0.162 e. The third kappa shape index (κ3) is 3.40. The van der Waals surface area contributed by atoms with E-state index < -0.39 is 0 Å². The van der Waals surface area contributed by atoms with Crippen LogP contribution in [0, 0.1) is 0 Å². The lowest BCUT2D eigenvalue weighted by Gasteiger charge is -2.11. The average molecular weight is 348 g/mol. The highest BCUT2D eigenvalue weighted by Crippen LogP contribution is 2.30. The van der Waals surface area contributed by atoms with Crippen LogP contribution in [0.3, 0.4) is 0 Å². The molecule has 0 radical (unpaired) electrons. The molecule has 0 saturated heterocycles. The SMILES string of the molecule is COc1ccc(CCl)cc1OCc1ccc(Br)s1. The molecule has 1 aromatic carbocycles. The Bertz CT molecular complexity index is 527. The van der Waals surface area contributed by atoms with Crippen molar-refractivity contribution in [1.82, 2.24) is 0 Å². The van der Waals surface area contributed by atoms with Crippen molar-refractivity contribution >= 4 is 38.9 Å². The van der Waals surface area contributed by atoms with Crippen molar-refractivity contribution in [3.05, 3.63) is 44.6 Å². The van der Waals surface area contributed by atoms with E-state index in [0.29, 0.717) is 12.5 Å². The van der Waals surface area contributed by atoms with Gasteiger partial charge in [-0.25, -0.2) is 0 Å². The van der Waals surface area contributed by atoms with E-state index in [0.717, 1.165) is 25.7 Å². The maximum absolute atomic E-state index is 5.81. The Balaban J connectivity index is 2.11. The molecular weight excluding hydrogens is 336 g/mol. The standard InChI is InChI=1S/C13H12BrClO2S/c1-16-11-4-2-9(7-15)6-12(11)17-8-10-3-5-13(14)18-10/h2-6H,7-8H2,1H3. The molecular formula is C13H12BrClO2S. The van der Waals surface area contributed by atoms with Crippen LogP contribution in [0.1, 0.15) is 10.4 Å². The van der Waals surface area contributed by atoms with Crippen molar-refractivity contribution in [3.8, 4) is 11.5 Å². The quantitative estimate of drug-likeness (QED) is 0.721. The Morgan fingerprint density at radius 2 is 2.06 bits per heavy atom. The number of rotatable bonds is 5. The molecule has 0 saturated carbocycles. The van der Waals surface area contributed by atoms with Gasteiger partial charge in [-0.1, -0.05) is 6.07 Å². The largest absolute Gasteiger partial charge is 0.493 e. The van der Waals surface area contributed by atoms with Crippen molar-refractivity contribution in [3.63, 3.8) is 0 Å². The molecule has 0 aliphatic carbocycles. The van der Waals surface area contributed by atoms with Crippen LogP contribution in [0.5, 0.6) is 11.5 Å². The van der Waals surface area contributed by atoms with Crippen molar-refractivity contribution in [1.29, 1.82) is 0 Å². The summed E-state index contributed by atoms with van der Waals surface area (Å²) in [4.78, 5) is 1.15. The Kier molecular flexibility index (Phi) is 4.92. The summed E-state index contributed by atoms with van der Waals surface area (Å²) in [5.74, 6) is 1.91. The maximum Gasteiger partial charge on any atom is 0.162 e. The summed E-state index contributed by atoms with van der Waals surface area (Å²) in [5.41, 5.74) is 1.01. The van der Waals surface area contributed by atoms with E-state index in [2.05, 4.69) is 15.9 Å². The van der Waals surface area contributed by atoms with Gasteiger partial charge in [0.05, 0.1) is 10.9 Å². The van der Waals surface area contributed by atoms with Gasteiger partial charge in [0.25, 0.3) is 0 Å². The maximum atomic E-state index is 5.81. The van der Waals surface area contributed by atoms with Gasteiger partial charge in [-0.3, -0.25) is 0 Å². The minimum absolute atomic E-state index is 0.463. The van der Waals surface area contributed by atoms with Crippen LogP contribution < -0.4 is 9.47 Å². The predicted octanol–water partition coefficient (Wildman–Crippen LogP) is 4.84. The molecule has 0 bridgehead atoms. The van der Waals surface area contributed by atoms with Gasteiger partial charge >= 0.3 is 0 Å². The van der Waals surface area contributed by atoms with E-state index in [-0.39, 0.29) is 0 Å². The van der Waals surface area contributed by atoms with Crippen molar-refractivity contribution in [2.45, 2.75) is 12.5 Å². The zero-order valence-electron chi connectivity index (χ0n) is 9.78. The zero-order valence-corrected chi connectivity index (χ0v) is 12.9. The van der Waals surface area contributed by atoms with Gasteiger partial charge in [0.15, 0.2) is 11.5 Å². The van der Waals surface area contributed by atoms with E-state index in [1.165, 1.54) is 0 Å². The molecule has 0 N–H and O–H groups in total. The molecule has 0 amide bonds. The monoisotopic (exact) mass is 346 g/mol. The molecule has 0 atom stereocenters. The fourth-order valence-corrected chi connectivity index (χ4v) is 3.06. The van der Waals surface area contributed by atoms with Crippen LogP contribution in [0.15, 0.2) is 34.1 Å². The van der Waals surface area contributed by atoms with Crippen LogP contribution in [-0.2, 0) is 12.5 Å². The summed E-state index contributed by atoms with van der Waals surface area (Å²) in [6.07, 6.45) is 0. The van der Waals surface area contributed by atoms with Gasteiger partial charge < -0.3 is 9.47 Å². The molecule has 18 heavy (non-hydrogen) atoms. The van der Waals surface area contributed by atoms with Gasteiger partial charge in [0.2, 0.25) is 0 Å². The first-order valence-electron chi connectivity index (χ1n) is 5.33. The second-order valence-electron chi connectivity index (χ2n) is 3.61. The summed E-state index contributed by atoms with van der Waals surface area (Å²) in [5, 5.41) is 0. The van der Waals surface area contributed by atoms with Crippen LogP contribution in [-0.4, -0.2) is 7.11 Å². The van der Waals surface area contributed by atoms with E-state index in [1.54, 1.807) is 18.4 Å². The molecule has 2 rings (SSSR count). The number of halogens is 2. The van der Waals surface area contributed by atoms with Crippen molar-refractivity contribution in [2.75, 3.05) is 7.11 Å². The highest BCUT2D eigenvalue weighted by atomic mass is 79.9. The average Bonchev–Trinajstić information content (AvgIpc) is 2.81. The first-order chi connectivity index (χ1) is 8.72. The van der Waals surface area contributed by atoms with E-state index in [9.17, 15) is 0 Å². The van der Waals surface area contributed by atoms with E-state index in [1.807, 2.05) is 30.3 Å². The highest BCUT2D eigenvalue weighted by Gasteiger charge is 2.06. The molecule has 2 aromatic rings. The molecule has 2 nitrogen and oxygen atoms in total. The minimum Gasteiger partial charge on any atom is -0.493 e. The second kappa shape index (κ2) is 6.45. The predicted molar refractivity (Wildman–Crippen MR) is 78.9 cm³/mol. The summed E-state index contributed by atoms with van der Waals surface area (Å²) in [6, 6.07) is 9.76. The Morgan fingerprint density at radius 1 is 1.22 bits per heavy atom. The van der Waals surface area contributed by atoms with Crippen LogP contribution >= 0.6 is 38.9 Å². The first kappa shape index (κ1) is 13.7. The molecule has 5 heteroatoms. The molecule has 1 heterocycles. The van der Waals surface area contributed by atoms with Crippen LogP contribution in [0.2, 0.25) is 0 Å². The fourth-order valence-electron chi connectivity index (χ4n) is 1.50. The summed E-state index contributed by atoms with van der Waals surface area (Å²) >= 11 is 10.9. The lowest BCUT2D eigenvalue weighted by molar-refractivity contribution is 0.287. The van der Waals surface area contributed by atoms with E-state index >= 15 is 0 Å². The Morgan fingerprint density at radius 3 is 2.67 bits per heavy atom. The van der Waals surface area contributed by atoms with Gasteiger partial charge in [-0.2, -0.15) is 0 Å². The fraction of sp³-hybridized carbons (Fsp3) is 0.231. The Labute approximate surface area is 124 Å². The van der Waals surface area contributed by atoms with Gasteiger partial charge in [0.1, 0.15) is 6.61 Å². The normalized spacial score (nSPS) is 10.4.